The van der Waals surface area contributed by atoms with Gasteiger partial charge in [0.15, 0.2) is 0 Å². The minimum atomic E-state index is -0.564. The van der Waals surface area contributed by atoms with E-state index in [1.54, 1.807) is 13.2 Å². The Bertz CT molecular complexity index is 355. The number of primary amides is 1. The van der Waals surface area contributed by atoms with E-state index in [1.165, 1.54) is 0 Å². The molecule has 1 aromatic rings. The maximum atomic E-state index is 10.7. The van der Waals surface area contributed by atoms with Gasteiger partial charge < -0.3 is 16.2 Å². The zero-order valence-electron chi connectivity index (χ0n) is 9.35. The van der Waals surface area contributed by atoms with Crippen molar-refractivity contribution in [1.29, 1.82) is 0 Å². The lowest BCUT2D eigenvalue weighted by molar-refractivity contribution is -0.119. The van der Waals surface area contributed by atoms with Crippen LogP contribution in [0.3, 0.4) is 0 Å². The molecule has 0 saturated heterocycles. The molecule has 1 heterocycles. The van der Waals surface area contributed by atoms with Gasteiger partial charge in [0.25, 0.3) is 0 Å². The second-order valence-corrected chi connectivity index (χ2v) is 3.57. The smallest absolute Gasteiger partial charge is 0.234 e. The number of carbonyl (C=O) groups excluding carboxylic acids is 1. The van der Waals surface area contributed by atoms with Crippen LogP contribution in [0, 0.1) is 0 Å². The Morgan fingerprint density at radius 1 is 1.56 bits per heavy atom. The SMILES string of the molecule is COc1cccc(CCC[C@H](N)C(N)=O)n1. The zero-order chi connectivity index (χ0) is 12.0. The molecule has 0 bridgehead atoms. The van der Waals surface area contributed by atoms with Gasteiger partial charge in [-0.25, -0.2) is 4.98 Å². The Labute approximate surface area is 94.8 Å². The fraction of sp³-hybridized carbons (Fsp3) is 0.455. The Morgan fingerprint density at radius 3 is 2.94 bits per heavy atom. The summed E-state index contributed by atoms with van der Waals surface area (Å²) in [6, 6.07) is 5.03. The van der Waals surface area contributed by atoms with Gasteiger partial charge in [-0.1, -0.05) is 6.07 Å². The number of methoxy groups -OCH3 is 1. The number of amides is 1. The summed E-state index contributed by atoms with van der Waals surface area (Å²) in [7, 11) is 1.58. The van der Waals surface area contributed by atoms with Crippen molar-refractivity contribution in [3.63, 3.8) is 0 Å². The number of aromatic nitrogens is 1. The molecular formula is C11H17N3O2. The highest BCUT2D eigenvalue weighted by atomic mass is 16.5. The topological polar surface area (TPSA) is 91.2 Å². The van der Waals surface area contributed by atoms with Crippen molar-refractivity contribution in [3.8, 4) is 5.88 Å². The number of nitrogens with two attached hydrogens (primary N) is 2. The van der Waals surface area contributed by atoms with Gasteiger partial charge in [0.2, 0.25) is 11.8 Å². The average molecular weight is 223 g/mol. The first-order chi connectivity index (χ1) is 7.63. The molecule has 0 aliphatic rings. The molecule has 0 saturated carbocycles. The normalized spacial score (nSPS) is 12.1. The van der Waals surface area contributed by atoms with E-state index in [9.17, 15) is 4.79 Å². The first-order valence-electron chi connectivity index (χ1n) is 5.18. The van der Waals surface area contributed by atoms with Crippen molar-refractivity contribution in [1.82, 2.24) is 4.98 Å². The molecule has 0 radical (unpaired) electrons. The van der Waals surface area contributed by atoms with E-state index in [0.29, 0.717) is 12.3 Å². The Balaban J connectivity index is 2.39. The summed E-state index contributed by atoms with van der Waals surface area (Å²) >= 11 is 0. The maximum absolute atomic E-state index is 10.7. The minimum Gasteiger partial charge on any atom is -0.481 e. The van der Waals surface area contributed by atoms with Crippen LogP contribution in [-0.2, 0) is 11.2 Å². The van der Waals surface area contributed by atoms with E-state index < -0.39 is 11.9 Å². The molecule has 4 N–H and O–H groups in total. The number of pyridine rings is 1. The molecule has 0 aromatic carbocycles. The maximum Gasteiger partial charge on any atom is 0.234 e. The second-order valence-electron chi connectivity index (χ2n) is 3.57. The van der Waals surface area contributed by atoms with Crippen molar-refractivity contribution >= 4 is 5.91 Å². The van der Waals surface area contributed by atoms with Gasteiger partial charge in [-0.15, -0.1) is 0 Å². The summed E-state index contributed by atoms with van der Waals surface area (Å²) < 4.78 is 5.01. The number of aryl methyl sites for hydroxylation is 1. The monoisotopic (exact) mass is 223 g/mol. The van der Waals surface area contributed by atoms with E-state index in [2.05, 4.69) is 4.98 Å². The number of hydrogen-bond donors (Lipinski definition) is 2. The molecule has 0 fully saturated rings. The van der Waals surface area contributed by atoms with Crippen LogP contribution in [-0.4, -0.2) is 24.0 Å². The number of nitrogens with zero attached hydrogens (tertiary/aromatic N) is 1. The molecule has 5 nitrogen and oxygen atoms in total. The Morgan fingerprint density at radius 2 is 2.31 bits per heavy atom. The van der Waals surface area contributed by atoms with E-state index in [-0.39, 0.29) is 0 Å². The van der Waals surface area contributed by atoms with Gasteiger partial charge in [0, 0.05) is 11.8 Å². The van der Waals surface area contributed by atoms with Crippen LogP contribution in [0.4, 0.5) is 0 Å². The van der Waals surface area contributed by atoms with Crippen LogP contribution < -0.4 is 16.2 Å². The number of hydrogen-bond acceptors (Lipinski definition) is 4. The molecule has 1 aromatic heterocycles. The van der Waals surface area contributed by atoms with Crippen LogP contribution in [0.15, 0.2) is 18.2 Å². The van der Waals surface area contributed by atoms with Crippen LogP contribution in [0.5, 0.6) is 5.88 Å². The van der Waals surface area contributed by atoms with E-state index in [0.717, 1.165) is 18.5 Å². The fourth-order valence-corrected chi connectivity index (χ4v) is 1.36. The van der Waals surface area contributed by atoms with Gasteiger partial charge in [-0.05, 0) is 25.3 Å². The van der Waals surface area contributed by atoms with Crippen molar-refractivity contribution in [3.05, 3.63) is 23.9 Å². The van der Waals surface area contributed by atoms with Crippen LogP contribution in [0.2, 0.25) is 0 Å². The second kappa shape index (κ2) is 6.07. The third-order valence-electron chi connectivity index (χ3n) is 2.30. The third-order valence-corrected chi connectivity index (χ3v) is 2.30. The minimum absolute atomic E-state index is 0.460. The lowest BCUT2D eigenvalue weighted by Crippen LogP contribution is -2.36. The Kier molecular flexibility index (Phi) is 4.72. The molecule has 88 valence electrons. The summed E-state index contributed by atoms with van der Waals surface area (Å²) in [6.07, 6.45) is 2.12. The summed E-state index contributed by atoms with van der Waals surface area (Å²) in [5.74, 6) is 0.135. The zero-order valence-corrected chi connectivity index (χ0v) is 9.35. The van der Waals surface area contributed by atoms with Crippen LogP contribution >= 0.6 is 0 Å². The highest BCUT2D eigenvalue weighted by Crippen LogP contribution is 2.09. The number of ether oxygens (including phenoxy) is 1. The molecule has 1 rings (SSSR count). The molecule has 0 unspecified atom stereocenters. The molecule has 16 heavy (non-hydrogen) atoms. The molecule has 0 spiro atoms. The third kappa shape index (κ3) is 3.86. The lowest BCUT2D eigenvalue weighted by atomic mass is 10.1. The van der Waals surface area contributed by atoms with Crippen molar-refractivity contribution in [2.24, 2.45) is 11.5 Å². The van der Waals surface area contributed by atoms with E-state index in [1.807, 2.05) is 12.1 Å². The van der Waals surface area contributed by atoms with Gasteiger partial charge in [-0.3, -0.25) is 4.79 Å². The predicted octanol–water partition coefficient (Wildman–Crippen LogP) is 0.226. The summed E-state index contributed by atoms with van der Waals surface area (Å²) in [4.78, 5) is 15.0. The highest BCUT2D eigenvalue weighted by Gasteiger charge is 2.08. The standard InChI is InChI=1S/C11H17N3O2/c1-16-10-7-3-5-8(14-10)4-2-6-9(12)11(13)15/h3,5,7,9H,2,4,6,12H2,1H3,(H2,13,15)/t9-/m0/s1. The summed E-state index contributed by atoms with van der Waals surface area (Å²) in [5.41, 5.74) is 11.5. The van der Waals surface area contributed by atoms with Crippen molar-refractivity contribution in [2.45, 2.75) is 25.3 Å². The van der Waals surface area contributed by atoms with Gasteiger partial charge >= 0.3 is 0 Å². The number of carbonyl (C=O) groups is 1. The van der Waals surface area contributed by atoms with Crippen LogP contribution in [0.1, 0.15) is 18.5 Å². The van der Waals surface area contributed by atoms with Crippen molar-refractivity contribution in [2.75, 3.05) is 7.11 Å². The highest BCUT2D eigenvalue weighted by molar-refractivity contribution is 5.79. The van der Waals surface area contributed by atoms with Gasteiger partial charge in [0.1, 0.15) is 0 Å². The molecule has 0 aliphatic carbocycles. The Hall–Kier alpha value is -1.62. The van der Waals surface area contributed by atoms with Crippen molar-refractivity contribution < 1.29 is 9.53 Å². The lowest BCUT2D eigenvalue weighted by Gasteiger charge is -2.07. The molecular weight excluding hydrogens is 206 g/mol. The number of rotatable bonds is 6. The van der Waals surface area contributed by atoms with Gasteiger partial charge in [-0.2, -0.15) is 0 Å². The quantitative estimate of drug-likeness (QED) is 0.722. The molecule has 5 heteroatoms. The molecule has 1 amide bonds. The first kappa shape index (κ1) is 12.4. The van der Waals surface area contributed by atoms with E-state index >= 15 is 0 Å². The molecule has 0 aliphatic heterocycles. The van der Waals surface area contributed by atoms with Gasteiger partial charge in [0.05, 0.1) is 13.2 Å². The first-order valence-corrected chi connectivity index (χ1v) is 5.18. The predicted molar refractivity (Wildman–Crippen MR) is 60.9 cm³/mol. The largest absolute Gasteiger partial charge is 0.481 e. The van der Waals surface area contributed by atoms with E-state index in [4.69, 9.17) is 16.2 Å². The fourth-order valence-electron chi connectivity index (χ4n) is 1.36. The average Bonchev–Trinajstić information content (AvgIpc) is 2.29. The summed E-state index contributed by atoms with van der Waals surface area (Å²) in [6.45, 7) is 0. The van der Waals surface area contributed by atoms with Crippen LogP contribution in [0.25, 0.3) is 0 Å². The summed E-state index contributed by atoms with van der Waals surface area (Å²) in [5, 5.41) is 0. The molecule has 1 atom stereocenters.